The summed E-state index contributed by atoms with van der Waals surface area (Å²) in [5, 5.41) is 9.55. The molecule has 2 atom stereocenters. The van der Waals surface area contributed by atoms with Crippen LogP contribution in [0.25, 0.3) is 0 Å². The number of carbonyl (C=O) groups is 1. The molecule has 1 aliphatic heterocycles. The van der Waals surface area contributed by atoms with Gasteiger partial charge in [0.1, 0.15) is 11.6 Å². The van der Waals surface area contributed by atoms with Crippen molar-refractivity contribution >= 4 is 11.7 Å². The number of rotatable bonds is 2. The minimum atomic E-state index is -4.49. The third-order valence-electron chi connectivity index (χ3n) is 3.80. The Balaban J connectivity index is 1.95. The van der Waals surface area contributed by atoms with Gasteiger partial charge in [-0.15, -0.1) is 0 Å². The molecule has 0 spiro atoms. The number of nitrogens with zero attached hydrogens (tertiary/aromatic N) is 2. The van der Waals surface area contributed by atoms with Crippen LogP contribution >= 0.6 is 0 Å². The van der Waals surface area contributed by atoms with Crippen LogP contribution in [-0.2, 0) is 0 Å². The van der Waals surface area contributed by atoms with E-state index in [0.29, 0.717) is 5.76 Å². The average molecular weight is 356 g/mol. The van der Waals surface area contributed by atoms with Gasteiger partial charge in [0, 0.05) is 18.0 Å². The summed E-state index contributed by atoms with van der Waals surface area (Å²) >= 11 is 0. The van der Waals surface area contributed by atoms with Crippen molar-refractivity contribution in [2.45, 2.75) is 51.0 Å². The first kappa shape index (κ1) is 17.4. The molecule has 2 N–H and O–H groups in total. The highest BCUT2D eigenvalue weighted by Gasteiger charge is 2.47. The minimum Gasteiger partial charge on any atom is -0.467 e. The fraction of sp³-hybridized carbons (Fsp3) is 0.500. The highest BCUT2D eigenvalue weighted by Crippen LogP contribution is 2.43. The Kier molecular flexibility index (Phi) is 4.04. The van der Waals surface area contributed by atoms with Crippen LogP contribution in [-0.4, -0.2) is 27.4 Å². The Morgan fingerprint density at radius 2 is 2.12 bits per heavy atom. The second kappa shape index (κ2) is 5.82. The molecule has 0 aliphatic carbocycles. The van der Waals surface area contributed by atoms with Gasteiger partial charge in [0.05, 0.1) is 12.3 Å². The predicted octanol–water partition coefficient (Wildman–Crippen LogP) is 3.66. The molecule has 0 unspecified atom stereocenters. The standard InChI is InChI=1S/C16H19F3N4O2/c1-15(2,3)21-14(24)10-8-13-20-9(11-5-4-6-25-11)7-12(16(17,18)19)23(13)22-10/h4-6,8-9,12,20H,7H2,1-3H3,(H,21,24)/t9-,12-/m0/s1. The third kappa shape index (κ3) is 3.64. The fourth-order valence-electron chi connectivity index (χ4n) is 2.77. The first-order valence-electron chi connectivity index (χ1n) is 7.83. The smallest absolute Gasteiger partial charge is 0.410 e. The number of aromatic nitrogens is 2. The summed E-state index contributed by atoms with van der Waals surface area (Å²) in [4.78, 5) is 12.2. The zero-order valence-corrected chi connectivity index (χ0v) is 14.0. The second-order valence-corrected chi connectivity index (χ2v) is 7.07. The molecule has 0 fully saturated rings. The summed E-state index contributed by atoms with van der Waals surface area (Å²) in [6.07, 6.45) is -3.36. The fourth-order valence-corrected chi connectivity index (χ4v) is 2.77. The van der Waals surface area contributed by atoms with E-state index in [4.69, 9.17) is 4.42 Å². The molecule has 136 valence electrons. The largest absolute Gasteiger partial charge is 0.467 e. The average Bonchev–Trinajstić information content (AvgIpc) is 3.12. The molecule has 1 aliphatic rings. The summed E-state index contributed by atoms with van der Waals surface area (Å²) in [5.74, 6) is 0.0168. The van der Waals surface area contributed by atoms with Crippen LogP contribution in [0.2, 0.25) is 0 Å². The summed E-state index contributed by atoms with van der Waals surface area (Å²) in [6, 6.07) is 2.08. The Morgan fingerprint density at radius 1 is 1.40 bits per heavy atom. The van der Waals surface area contributed by atoms with Crippen LogP contribution < -0.4 is 10.6 Å². The van der Waals surface area contributed by atoms with Gasteiger partial charge in [-0.25, -0.2) is 4.68 Å². The van der Waals surface area contributed by atoms with E-state index in [-0.39, 0.29) is 17.9 Å². The number of anilines is 1. The summed E-state index contributed by atoms with van der Waals surface area (Å²) in [5.41, 5.74) is -0.582. The number of amides is 1. The van der Waals surface area contributed by atoms with E-state index in [1.807, 2.05) is 0 Å². The molecular weight excluding hydrogens is 337 g/mol. The van der Waals surface area contributed by atoms with E-state index >= 15 is 0 Å². The lowest BCUT2D eigenvalue weighted by Gasteiger charge is -2.32. The van der Waals surface area contributed by atoms with Gasteiger partial charge in [0.2, 0.25) is 0 Å². The maximum absolute atomic E-state index is 13.5. The highest BCUT2D eigenvalue weighted by atomic mass is 19.4. The van der Waals surface area contributed by atoms with Crippen molar-refractivity contribution in [2.24, 2.45) is 0 Å². The highest BCUT2D eigenvalue weighted by molar-refractivity contribution is 5.93. The Bertz CT molecular complexity index is 759. The molecule has 3 heterocycles. The van der Waals surface area contributed by atoms with Gasteiger partial charge in [0.15, 0.2) is 11.7 Å². The van der Waals surface area contributed by atoms with Crippen molar-refractivity contribution in [2.75, 3.05) is 5.32 Å². The van der Waals surface area contributed by atoms with Crippen molar-refractivity contribution in [1.82, 2.24) is 15.1 Å². The number of hydrogen-bond acceptors (Lipinski definition) is 4. The maximum Gasteiger partial charge on any atom is 0.410 e. The van der Waals surface area contributed by atoms with Crippen molar-refractivity contribution < 1.29 is 22.4 Å². The van der Waals surface area contributed by atoms with Crippen molar-refractivity contribution in [3.8, 4) is 0 Å². The van der Waals surface area contributed by atoms with Gasteiger partial charge in [-0.3, -0.25) is 4.79 Å². The topological polar surface area (TPSA) is 72.1 Å². The molecule has 9 heteroatoms. The van der Waals surface area contributed by atoms with Crippen molar-refractivity contribution in [3.05, 3.63) is 35.9 Å². The van der Waals surface area contributed by atoms with Crippen LogP contribution in [0.15, 0.2) is 28.9 Å². The first-order chi connectivity index (χ1) is 11.5. The summed E-state index contributed by atoms with van der Waals surface area (Å²) in [7, 11) is 0. The molecule has 2 aromatic heterocycles. The molecule has 0 aromatic carbocycles. The molecule has 0 saturated heterocycles. The van der Waals surface area contributed by atoms with Gasteiger partial charge in [-0.2, -0.15) is 18.3 Å². The first-order valence-corrected chi connectivity index (χ1v) is 7.83. The third-order valence-corrected chi connectivity index (χ3v) is 3.80. The quantitative estimate of drug-likeness (QED) is 0.861. The normalized spacial score (nSPS) is 20.7. The van der Waals surface area contributed by atoms with E-state index in [1.165, 1.54) is 12.3 Å². The maximum atomic E-state index is 13.5. The number of furan rings is 1. The van der Waals surface area contributed by atoms with Crippen molar-refractivity contribution in [1.29, 1.82) is 0 Å². The van der Waals surface area contributed by atoms with Gasteiger partial charge in [-0.05, 0) is 32.9 Å². The van der Waals surface area contributed by atoms with Crippen molar-refractivity contribution in [3.63, 3.8) is 0 Å². The molecule has 1 amide bonds. The summed E-state index contributed by atoms with van der Waals surface area (Å²) in [6.45, 7) is 5.35. The van der Waals surface area contributed by atoms with E-state index in [9.17, 15) is 18.0 Å². The zero-order valence-electron chi connectivity index (χ0n) is 14.0. The van der Waals surface area contributed by atoms with Crippen LogP contribution in [0, 0.1) is 0 Å². The molecule has 2 aromatic rings. The molecule has 6 nitrogen and oxygen atoms in total. The van der Waals surface area contributed by atoms with Gasteiger partial charge in [0.25, 0.3) is 5.91 Å². The Hall–Kier alpha value is -2.45. The number of carbonyl (C=O) groups excluding carboxylic acids is 1. The van der Waals surface area contributed by atoms with E-state index < -0.39 is 29.7 Å². The molecule has 0 saturated carbocycles. The van der Waals surface area contributed by atoms with Gasteiger partial charge in [-0.1, -0.05) is 0 Å². The van der Waals surface area contributed by atoms with Crippen LogP contribution in [0.1, 0.15) is 55.5 Å². The lowest BCUT2D eigenvalue weighted by Crippen LogP contribution is -2.41. The zero-order chi connectivity index (χ0) is 18.4. The molecular formula is C16H19F3N4O2. The van der Waals surface area contributed by atoms with E-state index in [1.54, 1.807) is 32.9 Å². The lowest BCUT2D eigenvalue weighted by atomic mass is 10.0. The molecule has 25 heavy (non-hydrogen) atoms. The van der Waals surface area contributed by atoms with E-state index in [2.05, 4.69) is 15.7 Å². The minimum absolute atomic E-state index is 0.0632. The summed E-state index contributed by atoms with van der Waals surface area (Å²) < 4.78 is 46.6. The van der Waals surface area contributed by atoms with Gasteiger partial charge >= 0.3 is 6.18 Å². The SMILES string of the molecule is CC(C)(C)NC(=O)c1cc2n(n1)[C@H](C(F)(F)F)C[C@@H](c1ccco1)N2. The molecule has 3 rings (SSSR count). The molecule has 0 bridgehead atoms. The molecule has 0 radical (unpaired) electrons. The van der Waals surface area contributed by atoms with Crippen LogP contribution in [0.3, 0.4) is 0 Å². The number of hydrogen-bond donors (Lipinski definition) is 2. The predicted molar refractivity (Wildman–Crippen MR) is 84.2 cm³/mol. The Labute approximate surface area is 142 Å². The van der Waals surface area contributed by atoms with E-state index in [0.717, 1.165) is 4.68 Å². The second-order valence-electron chi connectivity index (χ2n) is 7.07. The number of alkyl halides is 3. The number of fused-ring (bicyclic) bond motifs is 1. The number of halogens is 3. The lowest BCUT2D eigenvalue weighted by molar-refractivity contribution is -0.174. The van der Waals surface area contributed by atoms with Crippen LogP contribution in [0.5, 0.6) is 0 Å². The Morgan fingerprint density at radius 3 is 2.68 bits per heavy atom. The van der Waals surface area contributed by atoms with Gasteiger partial charge < -0.3 is 15.1 Å². The monoisotopic (exact) mass is 356 g/mol. The van der Waals surface area contributed by atoms with Crippen LogP contribution in [0.4, 0.5) is 19.0 Å². The number of nitrogens with one attached hydrogen (secondary N) is 2.